The molecule has 116 valence electrons. The number of morpholine rings is 1. The predicted octanol–water partition coefficient (Wildman–Crippen LogP) is 0.954. The number of fused-ring (bicyclic) bond motifs is 2. The Kier molecular flexibility index (Phi) is 3.73. The Labute approximate surface area is 126 Å². The topological polar surface area (TPSA) is 42.3 Å². The van der Waals surface area contributed by atoms with Crippen molar-refractivity contribution >= 4 is 0 Å². The summed E-state index contributed by atoms with van der Waals surface area (Å²) in [5.41, 5.74) is 2.70. The number of nitrogens with zero attached hydrogens (tertiary/aromatic N) is 3. The number of ether oxygens (including phenoxy) is 1. The average molecular weight is 290 g/mol. The molecule has 5 heteroatoms. The van der Waals surface area contributed by atoms with Crippen LogP contribution in [-0.4, -0.2) is 52.8 Å². The lowest BCUT2D eigenvalue weighted by Gasteiger charge is -2.35. The molecular formula is C16H26N4O. The van der Waals surface area contributed by atoms with E-state index in [2.05, 4.69) is 21.7 Å². The summed E-state index contributed by atoms with van der Waals surface area (Å²) in [6, 6.07) is 0.688. The van der Waals surface area contributed by atoms with Crippen LogP contribution in [0.15, 0.2) is 0 Å². The van der Waals surface area contributed by atoms with Crippen molar-refractivity contribution in [1.29, 1.82) is 0 Å². The Morgan fingerprint density at radius 1 is 1.43 bits per heavy atom. The van der Waals surface area contributed by atoms with E-state index >= 15 is 0 Å². The first-order valence-corrected chi connectivity index (χ1v) is 8.48. The van der Waals surface area contributed by atoms with Crippen LogP contribution in [0.25, 0.3) is 0 Å². The highest BCUT2D eigenvalue weighted by Gasteiger charge is 2.33. The number of rotatable bonds is 3. The second kappa shape index (κ2) is 5.71. The van der Waals surface area contributed by atoms with Crippen molar-refractivity contribution in [1.82, 2.24) is 19.8 Å². The third kappa shape index (κ3) is 2.51. The first-order valence-electron chi connectivity index (χ1n) is 8.48. The number of hydrogen-bond acceptors (Lipinski definition) is 4. The molecule has 0 radical (unpaired) electrons. The van der Waals surface area contributed by atoms with Crippen molar-refractivity contribution in [2.24, 2.45) is 0 Å². The van der Waals surface area contributed by atoms with Gasteiger partial charge in [0.05, 0.1) is 24.9 Å². The largest absolute Gasteiger partial charge is 0.373 e. The molecule has 2 atom stereocenters. The molecule has 1 aromatic rings. The summed E-state index contributed by atoms with van der Waals surface area (Å²) in [7, 11) is 0. The Morgan fingerprint density at radius 2 is 2.38 bits per heavy atom. The summed E-state index contributed by atoms with van der Waals surface area (Å²) in [5.74, 6) is 1.23. The fourth-order valence-corrected chi connectivity index (χ4v) is 4.11. The minimum absolute atomic E-state index is 0.331. The smallest absolute Gasteiger partial charge is 0.109 e. The Balaban J connectivity index is 1.52. The second-order valence-corrected chi connectivity index (χ2v) is 6.56. The zero-order valence-corrected chi connectivity index (χ0v) is 13.0. The monoisotopic (exact) mass is 290 g/mol. The lowest BCUT2D eigenvalue weighted by atomic mass is 10.1. The van der Waals surface area contributed by atoms with Crippen LogP contribution >= 0.6 is 0 Å². The molecule has 3 aliphatic rings. The van der Waals surface area contributed by atoms with Gasteiger partial charge in [-0.1, -0.05) is 6.92 Å². The average Bonchev–Trinajstić information content (AvgIpc) is 3.11. The second-order valence-electron chi connectivity index (χ2n) is 6.56. The highest BCUT2D eigenvalue weighted by molar-refractivity contribution is 5.20. The summed E-state index contributed by atoms with van der Waals surface area (Å²) in [4.78, 5) is 7.46. The number of aromatic nitrogens is 2. The van der Waals surface area contributed by atoms with Crippen molar-refractivity contribution < 1.29 is 4.74 Å². The molecule has 1 aromatic heterocycles. The van der Waals surface area contributed by atoms with E-state index in [0.717, 1.165) is 45.6 Å². The quantitative estimate of drug-likeness (QED) is 0.900. The van der Waals surface area contributed by atoms with Crippen LogP contribution in [0.5, 0.6) is 0 Å². The summed E-state index contributed by atoms with van der Waals surface area (Å²) in [6.45, 7) is 8.46. The van der Waals surface area contributed by atoms with Crippen LogP contribution in [0.4, 0.5) is 0 Å². The maximum atomic E-state index is 6.15. The van der Waals surface area contributed by atoms with Gasteiger partial charge in [0.15, 0.2) is 0 Å². The molecule has 3 aliphatic heterocycles. The van der Waals surface area contributed by atoms with Crippen molar-refractivity contribution in [3.63, 3.8) is 0 Å². The van der Waals surface area contributed by atoms with Crippen molar-refractivity contribution in [3.05, 3.63) is 17.2 Å². The van der Waals surface area contributed by atoms with E-state index in [1.165, 1.54) is 36.6 Å². The molecule has 0 saturated carbocycles. The highest BCUT2D eigenvalue weighted by atomic mass is 16.5. The van der Waals surface area contributed by atoms with Gasteiger partial charge in [0.1, 0.15) is 5.82 Å². The SMILES string of the molecule is CCc1nc2c(n1CC1CN3CCCC3CO1)CCNC2. The van der Waals surface area contributed by atoms with Crippen molar-refractivity contribution in [2.75, 3.05) is 26.2 Å². The highest BCUT2D eigenvalue weighted by Crippen LogP contribution is 2.24. The van der Waals surface area contributed by atoms with Gasteiger partial charge in [0, 0.05) is 44.2 Å². The standard InChI is InChI=1S/C16H26N4O/c1-2-16-18-14-8-17-6-5-15(14)20(16)10-13-9-19-7-3-4-12(19)11-21-13/h12-13,17H,2-11H2,1H3. The molecule has 4 rings (SSSR count). The lowest BCUT2D eigenvalue weighted by Crippen LogP contribution is -2.47. The van der Waals surface area contributed by atoms with Crippen LogP contribution in [0.3, 0.4) is 0 Å². The van der Waals surface area contributed by atoms with Crippen LogP contribution in [0, 0.1) is 0 Å². The van der Waals surface area contributed by atoms with E-state index in [4.69, 9.17) is 9.72 Å². The molecule has 0 aliphatic carbocycles. The lowest BCUT2D eigenvalue weighted by molar-refractivity contribution is -0.0557. The van der Waals surface area contributed by atoms with E-state index in [9.17, 15) is 0 Å². The minimum Gasteiger partial charge on any atom is -0.373 e. The molecule has 0 spiro atoms. The molecule has 21 heavy (non-hydrogen) atoms. The molecule has 1 N–H and O–H groups in total. The van der Waals surface area contributed by atoms with Crippen LogP contribution in [0.2, 0.25) is 0 Å². The molecule has 2 fully saturated rings. The Hall–Kier alpha value is -0.910. The van der Waals surface area contributed by atoms with Gasteiger partial charge < -0.3 is 14.6 Å². The summed E-state index contributed by atoms with van der Waals surface area (Å²) >= 11 is 0. The summed E-state index contributed by atoms with van der Waals surface area (Å²) < 4.78 is 8.61. The normalized spacial score (nSPS) is 29.4. The number of aryl methyl sites for hydroxylation is 1. The minimum atomic E-state index is 0.331. The molecule has 2 unspecified atom stereocenters. The van der Waals surface area contributed by atoms with Gasteiger partial charge in [0.25, 0.3) is 0 Å². The first-order chi connectivity index (χ1) is 10.3. The van der Waals surface area contributed by atoms with Crippen LogP contribution in [0.1, 0.15) is 37.0 Å². The van der Waals surface area contributed by atoms with Gasteiger partial charge in [-0.3, -0.25) is 4.90 Å². The van der Waals surface area contributed by atoms with Gasteiger partial charge >= 0.3 is 0 Å². The predicted molar refractivity (Wildman–Crippen MR) is 81.4 cm³/mol. The fourth-order valence-electron chi connectivity index (χ4n) is 4.11. The molecule has 2 saturated heterocycles. The zero-order valence-electron chi connectivity index (χ0n) is 13.0. The van der Waals surface area contributed by atoms with E-state index < -0.39 is 0 Å². The van der Waals surface area contributed by atoms with E-state index in [0.29, 0.717) is 12.1 Å². The van der Waals surface area contributed by atoms with E-state index in [1.54, 1.807) is 0 Å². The fraction of sp³-hybridized carbons (Fsp3) is 0.812. The van der Waals surface area contributed by atoms with Crippen LogP contribution < -0.4 is 5.32 Å². The third-order valence-corrected chi connectivity index (χ3v) is 5.23. The summed E-state index contributed by atoms with van der Waals surface area (Å²) in [6.07, 6.45) is 5.09. The number of imidazole rings is 1. The number of nitrogens with one attached hydrogen (secondary N) is 1. The molecule has 4 heterocycles. The van der Waals surface area contributed by atoms with Crippen LogP contribution in [-0.2, 0) is 30.7 Å². The molecule has 0 aromatic carbocycles. The van der Waals surface area contributed by atoms with E-state index in [-0.39, 0.29) is 0 Å². The molecule has 5 nitrogen and oxygen atoms in total. The molecular weight excluding hydrogens is 264 g/mol. The van der Waals surface area contributed by atoms with E-state index in [1.807, 2.05) is 0 Å². The van der Waals surface area contributed by atoms with Gasteiger partial charge in [-0.15, -0.1) is 0 Å². The van der Waals surface area contributed by atoms with Gasteiger partial charge in [-0.05, 0) is 19.4 Å². The maximum Gasteiger partial charge on any atom is 0.109 e. The zero-order chi connectivity index (χ0) is 14.2. The molecule has 0 amide bonds. The Bertz CT molecular complexity index is 513. The first kappa shape index (κ1) is 13.7. The molecule has 0 bridgehead atoms. The van der Waals surface area contributed by atoms with Gasteiger partial charge in [0.2, 0.25) is 0 Å². The van der Waals surface area contributed by atoms with Gasteiger partial charge in [-0.25, -0.2) is 4.98 Å². The van der Waals surface area contributed by atoms with Gasteiger partial charge in [-0.2, -0.15) is 0 Å². The summed E-state index contributed by atoms with van der Waals surface area (Å²) in [5, 5.41) is 3.42. The maximum absolute atomic E-state index is 6.15. The van der Waals surface area contributed by atoms with Crippen molar-refractivity contribution in [2.45, 2.75) is 57.8 Å². The Morgan fingerprint density at radius 3 is 3.29 bits per heavy atom. The number of hydrogen-bond donors (Lipinski definition) is 1. The third-order valence-electron chi connectivity index (χ3n) is 5.23. The van der Waals surface area contributed by atoms with Crippen molar-refractivity contribution in [3.8, 4) is 0 Å².